The SMILES string of the molecule is Cc1ccc(C(=O)N2CC3CCCC2CO3)cc1F. The second kappa shape index (κ2) is 4.93. The molecule has 1 aromatic rings. The molecule has 0 saturated carbocycles. The van der Waals surface area contributed by atoms with Crippen LogP contribution in [0.5, 0.6) is 0 Å². The first kappa shape index (κ1) is 12.6. The van der Waals surface area contributed by atoms with Gasteiger partial charge in [0, 0.05) is 12.1 Å². The molecule has 19 heavy (non-hydrogen) atoms. The molecule has 0 aromatic heterocycles. The van der Waals surface area contributed by atoms with Crippen LogP contribution < -0.4 is 0 Å². The predicted molar refractivity (Wildman–Crippen MR) is 69.6 cm³/mol. The van der Waals surface area contributed by atoms with Gasteiger partial charge in [0.25, 0.3) is 5.91 Å². The predicted octanol–water partition coefficient (Wildman–Crippen LogP) is 2.53. The van der Waals surface area contributed by atoms with Crippen LogP contribution in [-0.4, -0.2) is 36.1 Å². The Bertz CT molecular complexity index is 499. The third-order valence-electron chi connectivity index (χ3n) is 4.11. The molecular formula is C15H18FNO2. The number of morpholine rings is 1. The standard InChI is InChI=1S/C15H18FNO2/c1-10-5-6-11(7-14(10)16)15(18)17-8-13-4-2-3-12(17)9-19-13/h5-7,12-13H,2-4,8-9H2,1H3. The van der Waals surface area contributed by atoms with Gasteiger partial charge in [-0.2, -0.15) is 0 Å². The van der Waals surface area contributed by atoms with E-state index in [0.717, 1.165) is 19.3 Å². The van der Waals surface area contributed by atoms with E-state index in [0.29, 0.717) is 24.3 Å². The second-order valence-electron chi connectivity index (χ2n) is 5.46. The molecule has 0 radical (unpaired) electrons. The number of carbonyl (C=O) groups is 1. The minimum Gasteiger partial charge on any atom is -0.374 e. The summed E-state index contributed by atoms with van der Waals surface area (Å²) in [4.78, 5) is 14.4. The summed E-state index contributed by atoms with van der Waals surface area (Å²) in [5.41, 5.74) is 1.01. The van der Waals surface area contributed by atoms with E-state index in [-0.39, 0.29) is 23.9 Å². The smallest absolute Gasteiger partial charge is 0.254 e. The van der Waals surface area contributed by atoms with E-state index in [1.807, 2.05) is 4.90 Å². The highest BCUT2D eigenvalue weighted by Crippen LogP contribution is 2.26. The van der Waals surface area contributed by atoms with Gasteiger partial charge in [-0.1, -0.05) is 6.07 Å². The highest BCUT2D eigenvalue weighted by atomic mass is 19.1. The van der Waals surface area contributed by atoms with Crippen molar-refractivity contribution in [2.45, 2.75) is 38.3 Å². The van der Waals surface area contributed by atoms with Crippen molar-refractivity contribution in [3.05, 3.63) is 35.1 Å². The monoisotopic (exact) mass is 263 g/mol. The molecule has 2 unspecified atom stereocenters. The number of fused-ring (bicyclic) bond motifs is 4. The van der Waals surface area contributed by atoms with Crippen LogP contribution in [0.25, 0.3) is 0 Å². The molecule has 4 heteroatoms. The first-order chi connectivity index (χ1) is 9.15. The molecule has 4 rings (SSSR count). The molecule has 3 fully saturated rings. The van der Waals surface area contributed by atoms with Crippen molar-refractivity contribution < 1.29 is 13.9 Å². The number of amides is 1. The minimum atomic E-state index is -0.318. The number of halogens is 1. The first-order valence-electron chi connectivity index (χ1n) is 6.84. The summed E-state index contributed by atoms with van der Waals surface area (Å²) in [5.74, 6) is -0.388. The van der Waals surface area contributed by atoms with Crippen molar-refractivity contribution in [2.24, 2.45) is 0 Å². The normalized spacial score (nSPS) is 26.3. The summed E-state index contributed by atoms with van der Waals surface area (Å²) >= 11 is 0. The third kappa shape index (κ3) is 2.37. The fourth-order valence-electron chi connectivity index (χ4n) is 2.89. The number of hydrogen-bond acceptors (Lipinski definition) is 2. The average molecular weight is 263 g/mol. The van der Waals surface area contributed by atoms with Gasteiger partial charge in [-0.05, 0) is 43.9 Å². The minimum absolute atomic E-state index is 0.0703. The van der Waals surface area contributed by atoms with Gasteiger partial charge in [-0.3, -0.25) is 4.79 Å². The van der Waals surface area contributed by atoms with E-state index in [2.05, 4.69) is 0 Å². The van der Waals surface area contributed by atoms with Gasteiger partial charge in [0.15, 0.2) is 0 Å². The molecule has 3 heterocycles. The second-order valence-corrected chi connectivity index (χ2v) is 5.46. The van der Waals surface area contributed by atoms with Crippen LogP contribution in [0.15, 0.2) is 18.2 Å². The lowest BCUT2D eigenvalue weighted by Crippen LogP contribution is -2.50. The zero-order valence-corrected chi connectivity index (χ0v) is 11.1. The molecule has 1 aromatic carbocycles. The highest BCUT2D eigenvalue weighted by Gasteiger charge is 2.35. The molecule has 0 spiro atoms. The fourth-order valence-corrected chi connectivity index (χ4v) is 2.89. The Morgan fingerprint density at radius 1 is 1.42 bits per heavy atom. The lowest BCUT2D eigenvalue weighted by molar-refractivity contribution is -0.0393. The molecule has 2 atom stereocenters. The van der Waals surface area contributed by atoms with Crippen LogP contribution >= 0.6 is 0 Å². The average Bonchev–Trinajstić information content (AvgIpc) is 2.76. The Kier molecular flexibility index (Phi) is 3.27. The number of aryl methyl sites for hydroxylation is 1. The van der Waals surface area contributed by atoms with E-state index in [1.54, 1.807) is 19.1 Å². The summed E-state index contributed by atoms with van der Waals surface area (Å²) in [7, 11) is 0. The summed E-state index contributed by atoms with van der Waals surface area (Å²) in [6.07, 6.45) is 3.25. The van der Waals surface area contributed by atoms with E-state index < -0.39 is 0 Å². The summed E-state index contributed by atoms with van der Waals surface area (Å²) < 4.78 is 19.3. The molecule has 2 bridgehead atoms. The Morgan fingerprint density at radius 2 is 2.26 bits per heavy atom. The molecule has 3 aliphatic rings. The van der Waals surface area contributed by atoms with Crippen molar-refractivity contribution in [1.29, 1.82) is 0 Å². The number of carbonyl (C=O) groups excluding carboxylic acids is 1. The maximum atomic E-state index is 13.6. The number of ether oxygens (including phenoxy) is 1. The van der Waals surface area contributed by atoms with E-state index in [1.165, 1.54) is 6.07 Å². The lowest BCUT2D eigenvalue weighted by atomic mass is 10.1. The zero-order valence-electron chi connectivity index (χ0n) is 11.1. The third-order valence-corrected chi connectivity index (χ3v) is 4.11. The Morgan fingerprint density at radius 3 is 3.05 bits per heavy atom. The topological polar surface area (TPSA) is 29.5 Å². The molecule has 0 aliphatic carbocycles. The van der Waals surface area contributed by atoms with Crippen molar-refractivity contribution in [1.82, 2.24) is 4.90 Å². The molecule has 3 nitrogen and oxygen atoms in total. The number of rotatable bonds is 1. The van der Waals surface area contributed by atoms with Crippen LogP contribution in [0.4, 0.5) is 4.39 Å². The first-order valence-corrected chi connectivity index (χ1v) is 6.84. The van der Waals surface area contributed by atoms with Gasteiger partial charge in [-0.15, -0.1) is 0 Å². The molecule has 1 amide bonds. The zero-order chi connectivity index (χ0) is 13.4. The van der Waals surface area contributed by atoms with E-state index in [9.17, 15) is 9.18 Å². The van der Waals surface area contributed by atoms with Crippen molar-refractivity contribution in [2.75, 3.05) is 13.2 Å². The van der Waals surface area contributed by atoms with Crippen LogP contribution in [0.3, 0.4) is 0 Å². The van der Waals surface area contributed by atoms with Gasteiger partial charge in [0.05, 0.1) is 18.8 Å². The maximum absolute atomic E-state index is 13.6. The summed E-state index contributed by atoms with van der Waals surface area (Å²) in [6.45, 7) is 2.95. The molecule has 3 aliphatic heterocycles. The van der Waals surface area contributed by atoms with Gasteiger partial charge >= 0.3 is 0 Å². The van der Waals surface area contributed by atoms with Crippen LogP contribution in [-0.2, 0) is 4.74 Å². The van der Waals surface area contributed by atoms with Crippen molar-refractivity contribution in [3.63, 3.8) is 0 Å². The van der Waals surface area contributed by atoms with Gasteiger partial charge < -0.3 is 9.64 Å². The molecular weight excluding hydrogens is 245 g/mol. The van der Waals surface area contributed by atoms with Crippen LogP contribution in [0, 0.1) is 12.7 Å². The summed E-state index contributed by atoms with van der Waals surface area (Å²) in [6, 6.07) is 4.86. The Labute approximate surface area is 112 Å². The quantitative estimate of drug-likeness (QED) is 0.779. The summed E-state index contributed by atoms with van der Waals surface area (Å²) in [5, 5.41) is 0. The largest absolute Gasteiger partial charge is 0.374 e. The van der Waals surface area contributed by atoms with E-state index in [4.69, 9.17) is 4.74 Å². The Hall–Kier alpha value is -1.42. The Balaban J connectivity index is 1.85. The van der Waals surface area contributed by atoms with Crippen molar-refractivity contribution >= 4 is 5.91 Å². The lowest BCUT2D eigenvalue weighted by Gasteiger charge is -2.36. The number of hydrogen-bond donors (Lipinski definition) is 0. The van der Waals surface area contributed by atoms with Gasteiger partial charge in [-0.25, -0.2) is 4.39 Å². The van der Waals surface area contributed by atoms with Gasteiger partial charge in [0.1, 0.15) is 5.82 Å². The van der Waals surface area contributed by atoms with Crippen LogP contribution in [0.1, 0.15) is 35.2 Å². The molecule has 102 valence electrons. The number of benzene rings is 1. The van der Waals surface area contributed by atoms with Crippen LogP contribution in [0.2, 0.25) is 0 Å². The fraction of sp³-hybridized carbons (Fsp3) is 0.533. The highest BCUT2D eigenvalue weighted by molar-refractivity contribution is 5.94. The van der Waals surface area contributed by atoms with Gasteiger partial charge in [0.2, 0.25) is 0 Å². The maximum Gasteiger partial charge on any atom is 0.254 e. The molecule has 0 N–H and O–H groups in total. The molecule has 3 saturated heterocycles. The van der Waals surface area contributed by atoms with E-state index >= 15 is 0 Å². The van der Waals surface area contributed by atoms with Crippen molar-refractivity contribution in [3.8, 4) is 0 Å². The number of nitrogens with zero attached hydrogens (tertiary/aromatic N) is 1.